The van der Waals surface area contributed by atoms with Crippen LogP contribution in [0.1, 0.15) is 18.9 Å². The second kappa shape index (κ2) is 8.82. The number of nitrogens with one attached hydrogen (secondary N) is 1. The summed E-state index contributed by atoms with van der Waals surface area (Å²) in [6.07, 6.45) is -0.972. The minimum atomic E-state index is -0.991. The molecule has 0 spiro atoms. The second-order valence-electron chi connectivity index (χ2n) is 5.55. The van der Waals surface area contributed by atoms with Crippen molar-refractivity contribution < 1.29 is 23.5 Å². The van der Waals surface area contributed by atoms with Gasteiger partial charge in [-0.05, 0) is 49.7 Å². The van der Waals surface area contributed by atoms with E-state index in [1.165, 1.54) is 25.1 Å². The normalized spacial score (nSPS) is 11.5. The van der Waals surface area contributed by atoms with E-state index in [0.717, 1.165) is 5.56 Å². The van der Waals surface area contributed by atoms with Crippen LogP contribution >= 0.6 is 0 Å². The summed E-state index contributed by atoms with van der Waals surface area (Å²) in [5.41, 5.74) is 1.36. The largest absolute Gasteiger partial charge is 0.493 e. The average Bonchev–Trinajstić information content (AvgIpc) is 2.55. The van der Waals surface area contributed by atoms with Crippen molar-refractivity contribution in [2.45, 2.75) is 26.4 Å². The molecule has 0 unspecified atom stereocenters. The van der Waals surface area contributed by atoms with Gasteiger partial charge in [0.25, 0.3) is 5.91 Å². The number of benzene rings is 2. The van der Waals surface area contributed by atoms with Gasteiger partial charge in [0.1, 0.15) is 11.6 Å². The Morgan fingerprint density at radius 3 is 2.64 bits per heavy atom. The number of ether oxygens (including phenoxy) is 2. The summed E-state index contributed by atoms with van der Waals surface area (Å²) in [6.45, 7) is 3.55. The third-order valence-corrected chi connectivity index (χ3v) is 3.33. The smallest absolute Gasteiger partial charge is 0.310 e. The lowest BCUT2D eigenvalue weighted by Gasteiger charge is -2.14. The highest BCUT2D eigenvalue weighted by Crippen LogP contribution is 2.13. The van der Waals surface area contributed by atoms with Crippen molar-refractivity contribution in [3.05, 3.63) is 59.9 Å². The fourth-order valence-corrected chi connectivity index (χ4v) is 2.08. The van der Waals surface area contributed by atoms with Gasteiger partial charge in [-0.2, -0.15) is 0 Å². The maximum atomic E-state index is 13.1. The van der Waals surface area contributed by atoms with Gasteiger partial charge >= 0.3 is 5.97 Å². The molecule has 2 aromatic rings. The highest BCUT2D eigenvalue weighted by Gasteiger charge is 2.18. The van der Waals surface area contributed by atoms with Crippen LogP contribution in [0.15, 0.2) is 48.5 Å². The van der Waals surface area contributed by atoms with Crippen LogP contribution in [0, 0.1) is 12.7 Å². The van der Waals surface area contributed by atoms with Crippen LogP contribution in [0.2, 0.25) is 0 Å². The molecule has 0 radical (unpaired) electrons. The zero-order valence-electron chi connectivity index (χ0n) is 14.1. The number of aryl methyl sites for hydroxylation is 1. The standard InChI is InChI=1S/C19H20FNO4/c1-13-5-3-8-17(11-13)24-10-9-18(22)25-14(2)19(23)21-16-7-4-6-15(20)12-16/h3-8,11-12,14H,9-10H2,1-2H3,(H,21,23)/t14-/m1/s1. The number of carbonyl (C=O) groups is 2. The lowest BCUT2D eigenvalue weighted by molar-refractivity contribution is -0.153. The number of esters is 1. The molecule has 0 bridgehead atoms. The SMILES string of the molecule is Cc1cccc(OCCC(=O)O[C@H](C)C(=O)Nc2cccc(F)c2)c1. The summed E-state index contributed by atoms with van der Waals surface area (Å²) < 4.78 is 23.6. The highest BCUT2D eigenvalue weighted by molar-refractivity contribution is 5.95. The first-order valence-electron chi connectivity index (χ1n) is 7.89. The first kappa shape index (κ1) is 18.4. The minimum absolute atomic E-state index is 0.0194. The topological polar surface area (TPSA) is 64.6 Å². The van der Waals surface area contributed by atoms with Crippen LogP contribution in [0.3, 0.4) is 0 Å². The maximum absolute atomic E-state index is 13.1. The molecule has 0 heterocycles. The Balaban J connectivity index is 1.74. The lowest BCUT2D eigenvalue weighted by Crippen LogP contribution is -2.30. The summed E-state index contributed by atoms with van der Waals surface area (Å²) in [7, 11) is 0. The fraction of sp³-hybridized carbons (Fsp3) is 0.263. The summed E-state index contributed by atoms with van der Waals surface area (Å²) in [5.74, 6) is -0.867. The third kappa shape index (κ3) is 6.25. The van der Waals surface area contributed by atoms with Gasteiger partial charge in [-0.25, -0.2) is 4.39 Å². The molecule has 2 rings (SSSR count). The van der Waals surface area contributed by atoms with Gasteiger partial charge in [-0.3, -0.25) is 9.59 Å². The summed E-state index contributed by atoms with van der Waals surface area (Å²) >= 11 is 0. The predicted molar refractivity (Wildman–Crippen MR) is 91.9 cm³/mol. The third-order valence-electron chi connectivity index (χ3n) is 3.33. The van der Waals surface area contributed by atoms with Gasteiger partial charge in [-0.1, -0.05) is 18.2 Å². The first-order chi connectivity index (χ1) is 11.9. The summed E-state index contributed by atoms with van der Waals surface area (Å²) in [4.78, 5) is 23.7. The van der Waals surface area contributed by atoms with Crippen molar-refractivity contribution in [3.63, 3.8) is 0 Å². The molecule has 1 N–H and O–H groups in total. The Morgan fingerprint density at radius 2 is 1.92 bits per heavy atom. The van der Waals surface area contributed by atoms with Crippen molar-refractivity contribution in [1.29, 1.82) is 0 Å². The van der Waals surface area contributed by atoms with Crippen molar-refractivity contribution in [1.82, 2.24) is 0 Å². The lowest BCUT2D eigenvalue weighted by atomic mass is 10.2. The van der Waals surface area contributed by atoms with E-state index in [1.807, 2.05) is 25.1 Å². The van der Waals surface area contributed by atoms with E-state index in [-0.39, 0.29) is 13.0 Å². The van der Waals surface area contributed by atoms with Crippen LogP contribution in [0.4, 0.5) is 10.1 Å². The van der Waals surface area contributed by atoms with Gasteiger partial charge in [0.15, 0.2) is 6.10 Å². The number of anilines is 1. The molecular formula is C19H20FNO4. The molecule has 6 heteroatoms. The molecule has 1 amide bonds. The Hall–Kier alpha value is -2.89. The Morgan fingerprint density at radius 1 is 1.16 bits per heavy atom. The Labute approximate surface area is 145 Å². The molecule has 1 atom stereocenters. The monoisotopic (exact) mass is 345 g/mol. The zero-order chi connectivity index (χ0) is 18.2. The molecule has 0 fully saturated rings. The number of carbonyl (C=O) groups excluding carboxylic acids is 2. The van der Waals surface area contributed by atoms with Crippen LogP contribution in [0.25, 0.3) is 0 Å². The van der Waals surface area contributed by atoms with Gasteiger partial charge in [0, 0.05) is 5.69 Å². The van der Waals surface area contributed by atoms with E-state index in [9.17, 15) is 14.0 Å². The molecule has 2 aromatic carbocycles. The van der Waals surface area contributed by atoms with Crippen molar-refractivity contribution in [3.8, 4) is 5.75 Å². The Kier molecular flexibility index (Phi) is 6.51. The molecule has 0 aliphatic heterocycles. The van der Waals surface area contributed by atoms with Gasteiger partial charge in [0.2, 0.25) is 0 Å². The number of hydrogen-bond donors (Lipinski definition) is 1. The molecule has 5 nitrogen and oxygen atoms in total. The van der Waals surface area contributed by atoms with Crippen LogP contribution in [-0.2, 0) is 14.3 Å². The first-order valence-corrected chi connectivity index (χ1v) is 7.89. The number of hydrogen-bond acceptors (Lipinski definition) is 4. The summed E-state index contributed by atoms with van der Waals surface area (Å²) in [5, 5.41) is 2.49. The van der Waals surface area contributed by atoms with Gasteiger partial charge in [0.05, 0.1) is 13.0 Å². The Bertz CT molecular complexity index is 748. The average molecular weight is 345 g/mol. The van der Waals surface area contributed by atoms with E-state index >= 15 is 0 Å². The number of amides is 1. The highest BCUT2D eigenvalue weighted by atomic mass is 19.1. The van der Waals surface area contributed by atoms with Crippen LogP contribution in [0.5, 0.6) is 5.75 Å². The molecule has 0 saturated carbocycles. The predicted octanol–water partition coefficient (Wildman–Crippen LogP) is 3.47. The molecule has 0 aliphatic rings. The second-order valence-corrected chi connectivity index (χ2v) is 5.55. The molecule has 0 aromatic heterocycles. The van der Waals surface area contributed by atoms with E-state index in [1.54, 1.807) is 12.1 Å². The van der Waals surface area contributed by atoms with Crippen LogP contribution < -0.4 is 10.1 Å². The minimum Gasteiger partial charge on any atom is -0.493 e. The van der Waals surface area contributed by atoms with Gasteiger partial charge in [-0.15, -0.1) is 0 Å². The van der Waals surface area contributed by atoms with Crippen molar-refractivity contribution >= 4 is 17.6 Å². The molecular weight excluding hydrogens is 325 g/mol. The van der Waals surface area contributed by atoms with Crippen molar-refractivity contribution in [2.24, 2.45) is 0 Å². The fourth-order valence-electron chi connectivity index (χ4n) is 2.08. The van der Waals surface area contributed by atoms with E-state index in [2.05, 4.69) is 5.32 Å². The van der Waals surface area contributed by atoms with E-state index in [4.69, 9.17) is 9.47 Å². The molecule has 0 saturated heterocycles. The molecule has 25 heavy (non-hydrogen) atoms. The number of rotatable bonds is 7. The molecule has 132 valence electrons. The van der Waals surface area contributed by atoms with Crippen molar-refractivity contribution in [2.75, 3.05) is 11.9 Å². The van der Waals surface area contributed by atoms with E-state index < -0.39 is 23.8 Å². The molecule has 0 aliphatic carbocycles. The van der Waals surface area contributed by atoms with E-state index in [0.29, 0.717) is 11.4 Å². The maximum Gasteiger partial charge on any atom is 0.310 e. The quantitative estimate of drug-likeness (QED) is 0.781. The zero-order valence-corrected chi connectivity index (χ0v) is 14.1. The number of halogens is 1. The summed E-state index contributed by atoms with van der Waals surface area (Å²) in [6, 6.07) is 12.9. The van der Waals surface area contributed by atoms with Gasteiger partial charge < -0.3 is 14.8 Å². The van der Waals surface area contributed by atoms with Crippen LogP contribution in [-0.4, -0.2) is 24.6 Å².